The molecule has 2 heterocycles. The van der Waals surface area contributed by atoms with E-state index in [4.69, 9.17) is 9.15 Å². The third kappa shape index (κ3) is 6.39. The number of nitrogens with zero attached hydrogens (tertiary/aromatic N) is 1. The molecule has 0 unspecified atom stereocenters. The summed E-state index contributed by atoms with van der Waals surface area (Å²) >= 11 is 1.24. The number of carbonyl (C=O) groups excluding carboxylic acids is 3. The number of benzene rings is 1. The van der Waals surface area contributed by atoms with Gasteiger partial charge in [-0.25, -0.2) is 4.79 Å². The van der Waals surface area contributed by atoms with E-state index in [2.05, 4.69) is 5.32 Å². The Morgan fingerprint density at radius 1 is 1.07 bits per heavy atom. The summed E-state index contributed by atoms with van der Waals surface area (Å²) in [5.41, 5.74) is 0.350. The molecular weight excluding hydrogens is 392 g/mol. The van der Waals surface area contributed by atoms with Gasteiger partial charge in [-0.2, -0.15) is 0 Å². The van der Waals surface area contributed by atoms with Crippen molar-refractivity contribution in [2.75, 3.05) is 25.4 Å². The van der Waals surface area contributed by atoms with Gasteiger partial charge in [-0.05, 0) is 43.5 Å². The highest BCUT2D eigenvalue weighted by atomic mass is 32.2. The molecule has 0 aliphatic carbocycles. The minimum Gasteiger partial charge on any atom is -0.467 e. The van der Waals surface area contributed by atoms with E-state index in [0.717, 1.165) is 32.4 Å². The van der Waals surface area contributed by atoms with E-state index < -0.39 is 5.97 Å². The minimum absolute atomic E-state index is 0.151. The number of hydrogen-bond acceptors (Lipinski definition) is 6. The lowest BCUT2D eigenvalue weighted by Crippen LogP contribution is -2.38. The number of rotatable bonds is 8. The number of carbonyl (C=O) groups is 3. The summed E-state index contributed by atoms with van der Waals surface area (Å²) in [5, 5.41) is 2.76. The van der Waals surface area contributed by atoms with Crippen LogP contribution in [0.15, 0.2) is 52.0 Å². The standard InChI is InChI=1S/C21H24N2O5S/c24-19(22-13-16-7-6-12-27-16)15-29-18-9-3-2-8-17(18)21(26)28-14-20(25)23-10-4-1-5-11-23/h2-3,6-9,12H,1,4-5,10-11,13-15H2,(H,22,24). The van der Waals surface area contributed by atoms with E-state index in [9.17, 15) is 14.4 Å². The molecule has 0 bridgehead atoms. The number of thioether (sulfide) groups is 1. The molecule has 8 heteroatoms. The van der Waals surface area contributed by atoms with Gasteiger partial charge in [0, 0.05) is 18.0 Å². The third-order valence-corrected chi connectivity index (χ3v) is 5.61. The maximum absolute atomic E-state index is 12.5. The second-order valence-corrected chi connectivity index (χ2v) is 7.68. The Morgan fingerprint density at radius 3 is 2.62 bits per heavy atom. The normalized spacial score (nSPS) is 13.7. The van der Waals surface area contributed by atoms with Crippen molar-refractivity contribution < 1.29 is 23.5 Å². The fourth-order valence-corrected chi connectivity index (χ4v) is 3.86. The summed E-state index contributed by atoms with van der Waals surface area (Å²) < 4.78 is 10.4. The van der Waals surface area contributed by atoms with Crippen LogP contribution in [-0.2, 0) is 20.9 Å². The maximum atomic E-state index is 12.5. The van der Waals surface area contributed by atoms with Gasteiger partial charge in [-0.1, -0.05) is 12.1 Å². The van der Waals surface area contributed by atoms with E-state index in [1.807, 2.05) is 0 Å². The average molecular weight is 416 g/mol. The van der Waals surface area contributed by atoms with E-state index in [1.165, 1.54) is 11.8 Å². The van der Waals surface area contributed by atoms with E-state index >= 15 is 0 Å². The third-order valence-electron chi connectivity index (χ3n) is 4.54. The molecule has 2 amide bonds. The fourth-order valence-electron chi connectivity index (χ4n) is 2.99. The van der Waals surface area contributed by atoms with Crippen molar-refractivity contribution in [2.24, 2.45) is 0 Å². The highest BCUT2D eigenvalue weighted by molar-refractivity contribution is 8.00. The highest BCUT2D eigenvalue weighted by Gasteiger charge is 2.20. The van der Waals surface area contributed by atoms with Gasteiger partial charge in [0.25, 0.3) is 5.91 Å². The smallest absolute Gasteiger partial charge is 0.339 e. The molecular formula is C21H24N2O5S. The minimum atomic E-state index is -0.561. The van der Waals surface area contributed by atoms with Crippen LogP contribution in [0.3, 0.4) is 0 Å². The lowest BCUT2D eigenvalue weighted by molar-refractivity contribution is -0.135. The van der Waals surface area contributed by atoms with Crippen LogP contribution < -0.4 is 5.32 Å². The summed E-state index contributed by atoms with van der Waals surface area (Å²) in [6.07, 6.45) is 4.65. The number of esters is 1. The molecule has 0 atom stereocenters. The zero-order valence-corrected chi connectivity index (χ0v) is 16.9. The first kappa shape index (κ1) is 21.0. The Kier molecular flexibility index (Phi) is 7.75. The molecule has 0 saturated carbocycles. The van der Waals surface area contributed by atoms with Crippen LogP contribution >= 0.6 is 11.8 Å². The molecule has 7 nitrogen and oxygen atoms in total. The molecule has 154 valence electrons. The van der Waals surface area contributed by atoms with Gasteiger partial charge >= 0.3 is 5.97 Å². The summed E-state index contributed by atoms with van der Waals surface area (Å²) in [6.45, 7) is 1.49. The van der Waals surface area contributed by atoms with Gasteiger partial charge in [0.2, 0.25) is 5.91 Å². The van der Waals surface area contributed by atoms with Crippen molar-refractivity contribution in [3.63, 3.8) is 0 Å². The molecule has 1 aromatic heterocycles. The van der Waals surface area contributed by atoms with E-state index in [1.54, 1.807) is 47.6 Å². The second-order valence-electron chi connectivity index (χ2n) is 6.66. The lowest BCUT2D eigenvalue weighted by Gasteiger charge is -2.26. The SMILES string of the molecule is O=C(CSc1ccccc1C(=O)OCC(=O)N1CCCCC1)NCc1ccco1. The summed E-state index contributed by atoms with van der Waals surface area (Å²) in [6, 6.07) is 10.4. The lowest BCUT2D eigenvalue weighted by atomic mass is 10.1. The summed E-state index contributed by atoms with van der Waals surface area (Å²) in [5.74, 6) is -0.0759. The largest absolute Gasteiger partial charge is 0.467 e. The van der Waals surface area contributed by atoms with Crippen molar-refractivity contribution >= 4 is 29.5 Å². The fraction of sp³-hybridized carbons (Fsp3) is 0.381. The molecule has 1 aliphatic heterocycles. The molecule has 1 aliphatic rings. The van der Waals surface area contributed by atoms with Crippen molar-refractivity contribution in [3.05, 3.63) is 54.0 Å². The van der Waals surface area contributed by atoms with Gasteiger partial charge in [0.1, 0.15) is 5.76 Å². The van der Waals surface area contributed by atoms with Crippen molar-refractivity contribution in [3.8, 4) is 0 Å². The number of furan rings is 1. The molecule has 3 rings (SSSR count). The number of hydrogen-bond donors (Lipinski definition) is 1. The maximum Gasteiger partial charge on any atom is 0.339 e. The molecule has 0 spiro atoms. The first-order chi connectivity index (χ1) is 14.1. The number of ether oxygens (including phenoxy) is 1. The van der Waals surface area contributed by atoms with Crippen LogP contribution in [0.5, 0.6) is 0 Å². The molecule has 2 aromatic rings. The first-order valence-corrected chi connectivity index (χ1v) is 10.6. The van der Waals surface area contributed by atoms with Gasteiger partial charge in [-0.3, -0.25) is 9.59 Å². The van der Waals surface area contributed by atoms with Gasteiger partial charge in [0.05, 0.1) is 24.1 Å². The van der Waals surface area contributed by atoms with Gasteiger partial charge in [-0.15, -0.1) is 11.8 Å². The zero-order valence-electron chi connectivity index (χ0n) is 16.1. The highest BCUT2D eigenvalue weighted by Crippen LogP contribution is 2.23. The Labute approximate surface area is 173 Å². The average Bonchev–Trinajstić information content (AvgIpc) is 3.29. The molecule has 1 saturated heterocycles. The predicted molar refractivity (Wildman–Crippen MR) is 108 cm³/mol. The van der Waals surface area contributed by atoms with Crippen LogP contribution in [0.4, 0.5) is 0 Å². The van der Waals surface area contributed by atoms with Crippen molar-refractivity contribution in [1.82, 2.24) is 10.2 Å². The molecule has 29 heavy (non-hydrogen) atoms. The molecule has 1 fully saturated rings. The van der Waals surface area contributed by atoms with Crippen LogP contribution in [0.25, 0.3) is 0 Å². The summed E-state index contributed by atoms with van der Waals surface area (Å²) in [4.78, 5) is 39.1. The molecule has 1 aromatic carbocycles. The Hall–Kier alpha value is -2.74. The first-order valence-electron chi connectivity index (χ1n) is 9.59. The molecule has 0 radical (unpaired) electrons. The van der Waals surface area contributed by atoms with Crippen LogP contribution in [0.1, 0.15) is 35.4 Å². The van der Waals surface area contributed by atoms with Crippen LogP contribution in [0, 0.1) is 0 Å². The van der Waals surface area contributed by atoms with Crippen LogP contribution in [0.2, 0.25) is 0 Å². The Bertz CT molecular complexity index is 831. The predicted octanol–water partition coefficient (Wildman–Crippen LogP) is 2.86. The van der Waals surface area contributed by atoms with Crippen molar-refractivity contribution in [1.29, 1.82) is 0 Å². The van der Waals surface area contributed by atoms with Gasteiger partial charge < -0.3 is 19.4 Å². The van der Waals surface area contributed by atoms with Gasteiger partial charge in [0.15, 0.2) is 6.61 Å². The Morgan fingerprint density at radius 2 is 1.86 bits per heavy atom. The number of amides is 2. The van der Waals surface area contributed by atoms with E-state index in [0.29, 0.717) is 22.8 Å². The monoisotopic (exact) mass is 416 g/mol. The van der Waals surface area contributed by atoms with Crippen molar-refractivity contribution in [2.45, 2.75) is 30.7 Å². The zero-order chi connectivity index (χ0) is 20.5. The number of likely N-dealkylation sites (tertiary alicyclic amines) is 1. The number of nitrogens with one attached hydrogen (secondary N) is 1. The Balaban J connectivity index is 1.48. The quantitative estimate of drug-likeness (QED) is 0.526. The number of piperidine rings is 1. The second kappa shape index (κ2) is 10.7. The topological polar surface area (TPSA) is 88.9 Å². The van der Waals surface area contributed by atoms with Crippen LogP contribution in [-0.4, -0.2) is 48.1 Å². The molecule has 1 N–H and O–H groups in total. The summed E-state index contributed by atoms with van der Waals surface area (Å²) in [7, 11) is 0. The van der Waals surface area contributed by atoms with E-state index in [-0.39, 0.29) is 24.2 Å².